The van der Waals surface area contributed by atoms with Crippen molar-refractivity contribution < 1.29 is 90.9 Å². The molecular weight excluding hydrogens is 1250 g/mol. The number of nitrogens with zero attached hydrogens (tertiary/aromatic N) is 4. The second kappa shape index (κ2) is 34.1. The number of amides is 7. The molecule has 2 aliphatic rings. The number of ether oxygens (including phenoxy) is 8. The van der Waals surface area contributed by atoms with Crippen LogP contribution in [0.3, 0.4) is 0 Å². The first kappa shape index (κ1) is 72.3. The number of primary amides is 1. The van der Waals surface area contributed by atoms with Gasteiger partial charge >= 0.3 is 30.2 Å². The Morgan fingerprint density at radius 3 is 2.04 bits per heavy atom. The maximum Gasteiger partial charge on any atom is 0.415 e. The standard InChI is InChI=1S/C65H84ClN9O19/c1-37(2)54(71-59(79)41(10-9-19-68-63(67)84)29-44(76)17-24-91-26-27-92-25-18-52(78)74-20-15-40(16-21-74)61(81)82)49(77)28-38-11-13-39(14-12-38)36-93-64(85)72(3)22-23-73(4)65(86)94-50-33-48-53(45-32-47(62(83)90-8)70-56(45)50)43(34-66)35-75(48)60(80)46-30-42-31-51(87-5)57(88-6)58(89-7)55(42)69-46/h11-14,30-33,37,40-41,43,54,69-70H,9-10,15-29,34-36H2,1-8H3,(H,71,79)(H,81,82)(H3,67,68,84)/t41-,43-,54+/m1/s1. The van der Waals surface area contributed by atoms with E-state index < -0.39 is 65.8 Å². The number of carboxylic acid groups (broad SMARTS) is 1. The highest BCUT2D eigenvalue weighted by molar-refractivity contribution is 6.19. The van der Waals surface area contributed by atoms with Crippen LogP contribution in [0.15, 0.2) is 48.5 Å². The number of anilines is 1. The Morgan fingerprint density at radius 2 is 1.43 bits per heavy atom. The summed E-state index contributed by atoms with van der Waals surface area (Å²) in [5.74, 6) is -3.93. The van der Waals surface area contributed by atoms with Crippen LogP contribution in [0, 0.1) is 17.8 Å². The number of carbonyl (C=O) groups excluding carboxylic acids is 9. The third-order valence-corrected chi connectivity index (χ3v) is 17.0. The number of aliphatic carboxylic acids is 1. The third kappa shape index (κ3) is 18.6. The van der Waals surface area contributed by atoms with Crippen LogP contribution in [-0.4, -0.2) is 209 Å². The molecule has 28 nitrogen and oxygen atoms in total. The van der Waals surface area contributed by atoms with E-state index in [9.17, 15) is 53.1 Å². The first-order valence-electron chi connectivity index (χ1n) is 30.9. The number of carbonyl (C=O) groups is 10. The van der Waals surface area contributed by atoms with Gasteiger partial charge in [-0.3, -0.25) is 28.8 Å². The fourth-order valence-electron chi connectivity index (χ4n) is 11.3. The molecule has 7 N–H and O–H groups in total. The lowest BCUT2D eigenvalue weighted by molar-refractivity contribution is -0.146. The Labute approximate surface area is 548 Å². The number of esters is 1. The lowest BCUT2D eigenvalue weighted by atomic mass is 9.91. The van der Waals surface area contributed by atoms with Crippen LogP contribution in [-0.2, 0) is 55.9 Å². The van der Waals surface area contributed by atoms with Gasteiger partial charge in [0, 0.05) is 107 Å². The molecule has 0 spiro atoms. The molecule has 510 valence electrons. The van der Waals surface area contributed by atoms with Gasteiger partial charge in [-0.25, -0.2) is 19.2 Å². The van der Waals surface area contributed by atoms with Crippen LogP contribution in [0.25, 0.3) is 21.8 Å². The van der Waals surface area contributed by atoms with E-state index >= 15 is 0 Å². The average molecular weight is 1330 g/mol. The van der Waals surface area contributed by atoms with Gasteiger partial charge in [-0.1, -0.05) is 38.1 Å². The van der Waals surface area contributed by atoms with Crippen LogP contribution in [0.2, 0.25) is 0 Å². The van der Waals surface area contributed by atoms with E-state index in [1.165, 1.54) is 63.3 Å². The second-order valence-electron chi connectivity index (χ2n) is 23.4. The zero-order chi connectivity index (χ0) is 68.3. The van der Waals surface area contributed by atoms with E-state index in [0.29, 0.717) is 88.3 Å². The third-order valence-electron chi connectivity index (χ3n) is 16.6. The summed E-state index contributed by atoms with van der Waals surface area (Å²) in [7, 11) is 8.63. The quantitative estimate of drug-likeness (QED) is 0.0144. The fraction of sp³-hybridized carbons (Fsp3) is 0.508. The number of likely N-dealkylation sites (N-methyl/N-ethyl adjacent to an activating group) is 2. The number of methoxy groups -OCH3 is 4. The maximum absolute atomic E-state index is 14.5. The number of ketones is 2. The number of halogens is 1. The molecule has 2 aromatic heterocycles. The van der Waals surface area contributed by atoms with Crippen LogP contribution >= 0.6 is 11.6 Å². The number of urea groups is 1. The van der Waals surface area contributed by atoms with Crippen molar-refractivity contribution >= 4 is 98.5 Å². The van der Waals surface area contributed by atoms with Crippen molar-refractivity contribution in [1.29, 1.82) is 0 Å². The van der Waals surface area contributed by atoms with E-state index in [2.05, 4.69) is 20.6 Å². The molecule has 4 heterocycles. The summed E-state index contributed by atoms with van der Waals surface area (Å²) in [6.45, 7) is 5.15. The number of H-pyrrole nitrogens is 2. The Hall–Kier alpha value is -9.15. The largest absolute Gasteiger partial charge is 0.493 e. The highest BCUT2D eigenvalue weighted by Gasteiger charge is 2.38. The van der Waals surface area contributed by atoms with Gasteiger partial charge in [-0.05, 0) is 66.5 Å². The monoisotopic (exact) mass is 1330 g/mol. The molecule has 0 saturated carbocycles. The summed E-state index contributed by atoms with van der Waals surface area (Å²) >= 11 is 6.57. The van der Waals surface area contributed by atoms with E-state index in [-0.39, 0.29) is 143 Å². The average Bonchev–Trinajstić information content (AvgIpc) is 1.58. The SMILES string of the molecule is COC(=O)c1cc2c3c(cc(OC(=O)N(C)CCN(C)C(=O)OCc4ccc(CC(=O)[C@@H](NC(=O)[C@H](CCCNC(N)=O)CC(=O)CCOCCOCCC(=O)N5CCC(C(=O)O)CC5)C(C)C)cc4)c2[nH]1)N(C(=O)c1cc2cc(OC)c(OC)c(OC)c2[nH]1)C[C@H]3CCl. The summed E-state index contributed by atoms with van der Waals surface area (Å²) in [5.41, 5.74) is 8.54. The van der Waals surface area contributed by atoms with Crippen molar-refractivity contribution in [1.82, 2.24) is 35.3 Å². The minimum absolute atomic E-state index is 0.00553. The zero-order valence-electron chi connectivity index (χ0n) is 54.2. The van der Waals surface area contributed by atoms with Crippen LogP contribution in [0.1, 0.15) is 102 Å². The van der Waals surface area contributed by atoms with Gasteiger partial charge in [-0.15, -0.1) is 11.6 Å². The Balaban J connectivity index is 0.885. The van der Waals surface area contributed by atoms with Gasteiger partial charge in [0.15, 0.2) is 23.0 Å². The number of benzene rings is 3. The van der Waals surface area contributed by atoms with E-state index in [0.717, 1.165) is 0 Å². The molecule has 0 radical (unpaired) electrons. The molecule has 2 aliphatic heterocycles. The summed E-state index contributed by atoms with van der Waals surface area (Å²) in [4.78, 5) is 142. The number of aromatic amines is 2. The number of fused-ring (bicyclic) bond motifs is 4. The summed E-state index contributed by atoms with van der Waals surface area (Å²) < 4.78 is 44.4. The molecule has 94 heavy (non-hydrogen) atoms. The van der Waals surface area contributed by atoms with Gasteiger partial charge < -0.3 is 88.9 Å². The molecule has 3 atom stereocenters. The number of Topliss-reactive ketones (excluding diaryl/α,β-unsaturated/α-hetero) is 2. The normalized spacial score (nSPS) is 14.4. The van der Waals surface area contributed by atoms with Gasteiger partial charge in [-0.2, -0.15) is 0 Å². The second-order valence-corrected chi connectivity index (χ2v) is 23.7. The van der Waals surface area contributed by atoms with Crippen molar-refractivity contribution in [2.45, 2.75) is 83.8 Å². The molecular formula is C65H84ClN9O19. The lowest BCUT2D eigenvalue weighted by Crippen LogP contribution is -2.47. The Morgan fingerprint density at radius 1 is 0.777 bits per heavy atom. The predicted molar refractivity (Wildman–Crippen MR) is 344 cm³/mol. The van der Waals surface area contributed by atoms with Crippen molar-refractivity contribution in [2.24, 2.45) is 23.5 Å². The molecule has 5 aromatic rings. The first-order valence-corrected chi connectivity index (χ1v) is 31.4. The van der Waals surface area contributed by atoms with Gasteiger partial charge in [0.05, 0.1) is 90.0 Å². The number of likely N-dealkylation sites (tertiary alicyclic amines) is 1. The molecule has 7 rings (SSSR count). The molecule has 1 fully saturated rings. The predicted octanol–water partition coefficient (Wildman–Crippen LogP) is 6.56. The van der Waals surface area contributed by atoms with Gasteiger partial charge in [0.1, 0.15) is 23.8 Å². The maximum atomic E-state index is 14.5. The number of hydrogen-bond acceptors (Lipinski definition) is 18. The minimum Gasteiger partial charge on any atom is -0.493 e. The fourth-order valence-corrected chi connectivity index (χ4v) is 11.5. The van der Waals surface area contributed by atoms with Gasteiger partial charge in [0.25, 0.3) is 5.91 Å². The smallest absolute Gasteiger partial charge is 0.415 e. The van der Waals surface area contributed by atoms with E-state index in [1.807, 2.05) is 0 Å². The van der Waals surface area contributed by atoms with Crippen molar-refractivity contribution in [3.63, 3.8) is 0 Å². The summed E-state index contributed by atoms with van der Waals surface area (Å²) in [6, 6.07) is 11.7. The topological polar surface area (TPSA) is 359 Å². The number of nitrogens with two attached hydrogens (primary N) is 1. The summed E-state index contributed by atoms with van der Waals surface area (Å²) in [6.07, 6.45) is -0.156. The highest BCUT2D eigenvalue weighted by atomic mass is 35.5. The van der Waals surface area contributed by atoms with Crippen molar-refractivity contribution in [3.05, 3.63) is 76.6 Å². The zero-order valence-corrected chi connectivity index (χ0v) is 54.9. The molecule has 7 amide bonds. The Kier molecular flexibility index (Phi) is 26.2. The number of carboxylic acids is 1. The van der Waals surface area contributed by atoms with Crippen LogP contribution in [0.5, 0.6) is 23.0 Å². The summed E-state index contributed by atoms with van der Waals surface area (Å²) in [5, 5.41) is 15.6. The lowest BCUT2D eigenvalue weighted by Gasteiger charge is -2.30. The number of alkyl halides is 1. The first-order chi connectivity index (χ1) is 45.0. The molecule has 0 unspecified atom stereocenters. The minimum atomic E-state index is -0.905. The number of aromatic nitrogens is 2. The van der Waals surface area contributed by atoms with Crippen molar-refractivity contribution in [3.8, 4) is 23.0 Å². The molecule has 1 saturated heterocycles. The molecule has 3 aromatic carbocycles. The highest BCUT2D eigenvalue weighted by Crippen LogP contribution is 2.48. The number of rotatable bonds is 34. The number of piperidine rings is 1. The Bertz CT molecular complexity index is 3550. The number of nitrogens with one attached hydrogen (secondary N) is 4. The molecule has 0 aliphatic carbocycles. The molecule has 0 bridgehead atoms. The van der Waals surface area contributed by atoms with E-state index in [4.69, 9.17) is 55.2 Å². The van der Waals surface area contributed by atoms with Gasteiger partial charge in [0.2, 0.25) is 17.6 Å². The van der Waals surface area contributed by atoms with Crippen LogP contribution in [0.4, 0.5) is 20.1 Å². The molecule has 29 heteroatoms. The van der Waals surface area contributed by atoms with Crippen molar-refractivity contribution in [2.75, 3.05) is 119 Å². The van der Waals surface area contributed by atoms with Crippen LogP contribution < -0.4 is 40.2 Å². The number of hydrogen-bond donors (Lipinski definition) is 6. The van der Waals surface area contributed by atoms with E-state index in [1.54, 1.807) is 61.2 Å².